The normalized spacial score (nSPS) is 11.1. The monoisotopic (exact) mass is 443 g/mol. The van der Waals surface area contributed by atoms with Crippen molar-refractivity contribution in [2.45, 2.75) is 13.8 Å². The van der Waals surface area contributed by atoms with Gasteiger partial charge in [-0.15, -0.1) is 10.2 Å². The Morgan fingerprint density at radius 2 is 1.84 bits per heavy atom. The largest absolute Gasteiger partial charge is 0.436 e. The molecular weight excluding hydrogens is 426 g/mol. The molecule has 0 fully saturated rings. The van der Waals surface area contributed by atoms with Gasteiger partial charge in [0.1, 0.15) is 18.2 Å². The van der Waals surface area contributed by atoms with Crippen LogP contribution >= 0.6 is 11.6 Å². The van der Waals surface area contributed by atoms with Gasteiger partial charge in [0.15, 0.2) is 5.58 Å². The number of oxazole rings is 1. The quantitative estimate of drug-likeness (QED) is 0.391. The summed E-state index contributed by atoms with van der Waals surface area (Å²) in [5.74, 6) is 0.170. The fourth-order valence-corrected chi connectivity index (χ4v) is 3.81. The van der Waals surface area contributed by atoms with Crippen molar-refractivity contribution in [3.63, 3.8) is 0 Å². The molecule has 8 heteroatoms. The summed E-state index contributed by atoms with van der Waals surface area (Å²) in [6.45, 7) is 4.03. The van der Waals surface area contributed by atoms with E-state index in [1.807, 2.05) is 38.1 Å². The van der Waals surface area contributed by atoms with Crippen LogP contribution in [0.3, 0.4) is 0 Å². The van der Waals surface area contributed by atoms with Gasteiger partial charge >= 0.3 is 0 Å². The van der Waals surface area contributed by atoms with E-state index in [-0.39, 0.29) is 5.91 Å². The summed E-state index contributed by atoms with van der Waals surface area (Å²) in [5, 5.41) is 10.8. The topological polar surface area (TPSA) is 85.8 Å². The number of carbonyl (C=O) groups excluding carboxylic acids is 1. The molecule has 3 aromatic carbocycles. The van der Waals surface area contributed by atoms with E-state index in [2.05, 4.69) is 26.6 Å². The van der Waals surface area contributed by atoms with Gasteiger partial charge < -0.3 is 9.73 Å². The second-order valence-electron chi connectivity index (χ2n) is 7.52. The smallest absolute Gasteiger partial charge is 0.257 e. The first-order valence-corrected chi connectivity index (χ1v) is 10.3. The third-order valence-corrected chi connectivity index (χ3v) is 5.43. The number of rotatable bonds is 4. The van der Waals surface area contributed by atoms with Crippen molar-refractivity contribution in [2.24, 2.45) is 0 Å². The van der Waals surface area contributed by atoms with Crippen molar-refractivity contribution >= 4 is 34.3 Å². The Morgan fingerprint density at radius 1 is 1.03 bits per heavy atom. The molecule has 0 saturated carbocycles. The molecule has 0 radical (unpaired) electrons. The van der Waals surface area contributed by atoms with Crippen LogP contribution in [0.1, 0.15) is 21.5 Å². The molecule has 0 aliphatic heterocycles. The Morgan fingerprint density at radius 3 is 2.66 bits per heavy atom. The molecule has 2 heterocycles. The fraction of sp³-hybridized carbons (Fsp3) is 0.0833. The van der Waals surface area contributed by atoms with E-state index in [9.17, 15) is 4.79 Å². The molecule has 0 unspecified atom stereocenters. The first-order valence-electron chi connectivity index (χ1n) is 9.92. The molecule has 0 atom stereocenters. The predicted octanol–water partition coefficient (Wildman–Crippen LogP) is 5.60. The molecule has 5 aromatic rings. The summed E-state index contributed by atoms with van der Waals surface area (Å²) >= 11 is 6.29. The van der Waals surface area contributed by atoms with Crippen LogP contribution in [0.2, 0.25) is 5.02 Å². The second-order valence-corrected chi connectivity index (χ2v) is 7.92. The molecule has 0 saturated heterocycles. The van der Waals surface area contributed by atoms with Crippen LogP contribution in [-0.2, 0) is 0 Å². The molecule has 0 bridgehead atoms. The Hall–Kier alpha value is -3.97. The minimum absolute atomic E-state index is 0.328. The zero-order valence-electron chi connectivity index (χ0n) is 17.3. The van der Waals surface area contributed by atoms with Crippen LogP contribution in [0.15, 0.2) is 71.7 Å². The first kappa shape index (κ1) is 20.0. The molecule has 0 aliphatic carbocycles. The Bertz CT molecular complexity index is 1460. The lowest BCUT2D eigenvalue weighted by atomic mass is 10.1. The number of aryl methyl sites for hydroxylation is 2. The highest BCUT2D eigenvalue weighted by Crippen LogP contribution is 2.29. The maximum absolute atomic E-state index is 13.0. The average Bonchev–Trinajstić information content (AvgIpc) is 3.44. The van der Waals surface area contributed by atoms with Gasteiger partial charge in [0, 0.05) is 16.9 Å². The molecule has 158 valence electrons. The van der Waals surface area contributed by atoms with Gasteiger partial charge in [-0.25, -0.2) is 4.98 Å². The van der Waals surface area contributed by atoms with E-state index < -0.39 is 0 Å². The molecule has 2 aromatic heterocycles. The summed E-state index contributed by atoms with van der Waals surface area (Å²) in [4.78, 5) is 17.6. The number of hydrogen-bond donors (Lipinski definition) is 1. The van der Waals surface area contributed by atoms with Gasteiger partial charge in [0.25, 0.3) is 5.91 Å². The second kappa shape index (κ2) is 7.94. The van der Waals surface area contributed by atoms with E-state index in [0.29, 0.717) is 22.2 Å². The van der Waals surface area contributed by atoms with E-state index in [1.165, 1.54) is 0 Å². The van der Waals surface area contributed by atoms with E-state index in [1.54, 1.807) is 41.5 Å². The minimum atomic E-state index is -0.328. The summed E-state index contributed by atoms with van der Waals surface area (Å²) in [6, 6.07) is 16.6. The number of benzene rings is 3. The van der Waals surface area contributed by atoms with Crippen LogP contribution in [0, 0.1) is 13.8 Å². The number of nitrogens with zero attached hydrogens (tertiary/aromatic N) is 4. The lowest BCUT2D eigenvalue weighted by Gasteiger charge is -2.10. The lowest BCUT2D eigenvalue weighted by molar-refractivity contribution is 0.102. The minimum Gasteiger partial charge on any atom is -0.436 e. The van der Waals surface area contributed by atoms with Gasteiger partial charge in [-0.3, -0.25) is 9.36 Å². The summed E-state index contributed by atoms with van der Waals surface area (Å²) in [7, 11) is 0. The zero-order chi connectivity index (χ0) is 22.2. The third kappa shape index (κ3) is 3.74. The van der Waals surface area contributed by atoms with Gasteiger partial charge in [0.05, 0.1) is 10.6 Å². The summed E-state index contributed by atoms with van der Waals surface area (Å²) in [5.41, 5.74) is 6.18. The van der Waals surface area contributed by atoms with Crippen LogP contribution in [0.5, 0.6) is 0 Å². The lowest BCUT2D eigenvalue weighted by Crippen LogP contribution is -2.13. The van der Waals surface area contributed by atoms with Gasteiger partial charge in [-0.05, 0) is 67.4 Å². The Kier molecular flexibility index (Phi) is 4.95. The Balaban J connectivity index is 1.44. The number of fused-ring (bicyclic) bond motifs is 1. The summed E-state index contributed by atoms with van der Waals surface area (Å²) < 4.78 is 7.70. The number of nitrogens with one attached hydrogen (secondary N) is 1. The van der Waals surface area contributed by atoms with Crippen LogP contribution in [0.25, 0.3) is 28.2 Å². The maximum atomic E-state index is 13.0. The van der Waals surface area contributed by atoms with E-state index in [0.717, 1.165) is 33.5 Å². The number of hydrogen-bond acceptors (Lipinski definition) is 5. The molecule has 1 N–H and O–H groups in total. The third-order valence-electron chi connectivity index (χ3n) is 5.10. The van der Waals surface area contributed by atoms with Crippen LogP contribution in [0.4, 0.5) is 5.69 Å². The number of carbonyl (C=O) groups is 1. The SMILES string of the molecule is Cc1cc(C)c2oc(-c3cccc(NC(=O)c4cc(-n5cnnc5)ccc4Cl)c3)nc2c1. The summed E-state index contributed by atoms with van der Waals surface area (Å²) in [6.07, 6.45) is 3.11. The molecule has 0 aliphatic rings. The molecular formula is C24H18ClN5O2. The van der Waals surface area contributed by atoms with Crippen molar-refractivity contribution in [2.75, 3.05) is 5.32 Å². The fourth-order valence-electron chi connectivity index (χ4n) is 3.61. The highest BCUT2D eigenvalue weighted by molar-refractivity contribution is 6.34. The molecule has 32 heavy (non-hydrogen) atoms. The molecule has 7 nitrogen and oxygen atoms in total. The van der Waals surface area contributed by atoms with Crippen molar-refractivity contribution in [1.29, 1.82) is 0 Å². The Labute approximate surface area is 188 Å². The average molecular weight is 444 g/mol. The number of amides is 1. The molecule has 5 rings (SSSR count). The first-order chi connectivity index (χ1) is 15.5. The number of aromatic nitrogens is 4. The van der Waals surface area contributed by atoms with Crippen molar-refractivity contribution in [3.8, 4) is 17.1 Å². The van der Waals surface area contributed by atoms with Gasteiger partial charge in [-0.1, -0.05) is 23.7 Å². The maximum Gasteiger partial charge on any atom is 0.257 e. The van der Waals surface area contributed by atoms with Gasteiger partial charge in [0.2, 0.25) is 5.89 Å². The van der Waals surface area contributed by atoms with Crippen LogP contribution in [-0.4, -0.2) is 25.7 Å². The van der Waals surface area contributed by atoms with Crippen molar-refractivity contribution in [3.05, 3.63) is 89.0 Å². The zero-order valence-corrected chi connectivity index (χ0v) is 18.1. The van der Waals surface area contributed by atoms with Gasteiger partial charge in [-0.2, -0.15) is 0 Å². The molecule has 1 amide bonds. The predicted molar refractivity (Wildman–Crippen MR) is 123 cm³/mol. The van der Waals surface area contributed by atoms with E-state index >= 15 is 0 Å². The van der Waals surface area contributed by atoms with Crippen molar-refractivity contribution in [1.82, 2.24) is 19.7 Å². The molecule has 0 spiro atoms. The number of halogens is 1. The number of anilines is 1. The standard InChI is InChI=1S/C24H18ClN5O2/c1-14-8-15(2)22-21(9-14)29-24(32-22)16-4-3-5-17(10-16)28-23(31)19-11-18(6-7-20(19)25)30-12-26-27-13-30/h3-13H,1-2H3,(H,28,31). The highest BCUT2D eigenvalue weighted by Gasteiger charge is 2.15. The van der Waals surface area contributed by atoms with Crippen molar-refractivity contribution < 1.29 is 9.21 Å². The van der Waals surface area contributed by atoms with Crippen LogP contribution < -0.4 is 5.32 Å². The van der Waals surface area contributed by atoms with E-state index in [4.69, 9.17) is 16.0 Å². The highest BCUT2D eigenvalue weighted by atomic mass is 35.5.